The van der Waals surface area contributed by atoms with Crippen molar-refractivity contribution in [3.05, 3.63) is 35.9 Å². The van der Waals surface area contributed by atoms with E-state index in [9.17, 15) is 4.79 Å². The van der Waals surface area contributed by atoms with Gasteiger partial charge in [-0.3, -0.25) is 4.79 Å². The number of carbonyl (C=O) groups is 1. The highest BCUT2D eigenvalue weighted by Gasteiger charge is 2.16. The van der Waals surface area contributed by atoms with Crippen molar-refractivity contribution >= 4 is 5.91 Å². The van der Waals surface area contributed by atoms with Crippen LogP contribution in [0.5, 0.6) is 0 Å². The van der Waals surface area contributed by atoms with Crippen LogP contribution in [-0.2, 0) is 4.79 Å². The van der Waals surface area contributed by atoms with E-state index in [0.29, 0.717) is 6.54 Å². The average Bonchev–Trinajstić information content (AvgIpc) is 2.27. The summed E-state index contributed by atoms with van der Waals surface area (Å²) in [4.78, 5) is 11.5. The molecule has 0 spiro atoms. The summed E-state index contributed by atoms with van der Waals surface area (Å²) in [6.07, 6.45) is 0. The number of carbonyl (C=O) groups excluding carboxylic acids is 1. The Bertz CT molecular complexity index is 413. The summed E-state index contributed by atoms with van der Waals surface area (Å²) in [5.74, 6) is 5.02. The van der Waals surface area contributed by atoms with Crippen LogP contribution in [0, 0.1) is 11.8 Å². The molecule has 0 aliphatic heterocycles. The van der Waals surface area contributed by atoms with Crippen molar-refractivity contribution < 1.29 is 4.79 Å². The van der Waals surface area contributed by atoms with E-state index in [1.807, 2.05) is 44.2 Å². The largest absolute Gasteiger partial charge is 0.339 e. The Morgan fingerprint density at radius 1 is 1.38 bits per heavy atom. The maximum atomic E-state index is 11.5. The van der Waals surface area contributed by atoms with Crippen LogP contribution in [0.15, 0.2) is 30.3 Å². The molecule has 0 aromatic heterocycles. The second kappa shape index (κ2) is 5.34. The maximum Gasteiger partial charge on any atom is 0.296 e. The topological polar surface area (TPSA) is 55.1 Å². The van der Waals surface area contributed by atoms with Crippen LogP contribution in [0.4, 0.5) is 0 Å². The molecule has 0 fully saturated rings. The fraction of sp³-hybridized carbons (Fsp3) is 0.308. The molecule has 0 bridgehead atoms. The van der Waals surface area contributed by atoms with Gasteiger partial charge in [0.1, 0.15) is 0 Å². The van der Waals surface area contributed by atoms with E-state index in [0.717, 1.165) is 5.56 Å². The van der Waals surface area contributed by atoms with Crippen molar-refractivity contribution in [1.82, 2.24) is 5.32 Å². The van der Waals surface area contributed by atoms with E-state index in [1.54, 1.807) is 0 Å². The molecule has 0 aliphatic carbocycles. The monoisotopic (exact) mass is 216 g/mol. The number of nitrogens with one attached hydrogen (secondary N) is 1. The molecule has 0 atom stereocenters. The van der Waals surface area contributed by atoms with Crippen LogP contribution in [0.1, 0.15) is 19.4 Å². The first-order valence-corrected chi connectivity index (χ1v) is 5.13. The van der Waals surface area contributed by atoms with Gasteiger partial charge in [0, 0.05) is 23.6 Å². The zero-order valence-electron chi connectivity index (χ0n) is 9.58. The van der Waals surface area contributed by atoms with E-state index in [4.69, 9.17) is 5.73 Å². The lowest BCUT2D eigenvalue weighted by Crippen LogP contribution is -2.48. The highest BCUT2D eigenvalue weighted by molar-refractivity contribution is 5.94. The number of rotatable bonds is 2. The molecule has 3 N–H and O–H groups in total. The van der Waals surface area contributed by atoms with Gasteiger partial charge in [0.15, 0.2) is 0 Å². The van der Waals surface area contributed by atoms with Crippen molar-refractivity contribution in [2.75, 3.05) is 6.54 Å². The van der Waals surface area contributed by atoms with Gasteiger partial charge in [-0.1, -0.05) is 24.1 Å². The summed E-state index contributed by atoms with van der Waals surface area (Å²) in [6, 6.07) is 9.38. The summed E-state index contributed by atoms with van der Waals surface area (Å²) in [5.41, 5.74) is 5.91. The third-order valence-corrected chi connectivity index (χ3v) is 2.06. The van der Waals surface area contributed by atoms with E-state index in [1.165, 1.54) is 0 Å². The third-order valence-electron chi connectivity index (χ3n) is 2.06. The number of hydrogen-bond donors (Lipinski definition) is 2. The van der Waals surface area contributed by atoms with Crippen molar-refractivity contribution in [3.8, 4) is 11.8 Å². The smallest absolute Gasteiger partial charge is 0.296 e. The zero-order valence-corrected chi connectivity index (χ0v) is 9.58. The number of amides is 1. The molecule has 1 rings (SSSR count). The molecule has 0 unspecified atom stereocenters. The molecule has 0 saturated carbocycles. The molecular weight excluding hydrogens is 200 g/mol. The molecule has 84 valence electrons. The number of hydrogen-bond acceptors (Lipinski definition) is 2. The lowest BCUT2D eigenvalue weighted by Gasteiger charge is -2.22. The molecule has 0 aliphatic rings. The quantitative estimate of drug-likeness (QED) is 0.721. The molecule has 0 saturated heterocycles. The fourth-order valence-electron chi connectivity index (χ4n) is 1.04. The Morgan fingerprint density at radius 2 is 2.00 bits per heavy atom. The molecule has 1 amide bonds. The van der Waals surface area contributed by atoms with E-state index in [-0.39, 0.29) is 5.91 Å². The summed E-state index contributed by atoms with van der Waals surface area (Å²) in [6.45, 7) is 4.09. The first-order valence-electron chi connectivity index (χ1n) is 5.13. The molecule has 0 heterocycles. The van der Waals surface area contributed by atoms with Gasteiger partial charge in [-0.2, -0.15) is 0 Å². The van der Waals surface area contributed by atoms with Gasteiger partial charge < -0.3 is 11.1 Å². The van der Waals surface area contributed by atoms with Gasteiger partial charge >= 0.3 is 0 Å². The van der Waals surface area contributed by atoms with Crippen LogP contribution in [0.3, 0.4) is 0 Å². The van der Waals surface area contributed by atoms with Crippen molar-refractivity contribution in [3.63, 3.8) is 0 Å². The summed E-state index contributed by atoms with van der Waals surface area (Å²) >= 11 is 0. The predicted molar refractivity (Wildman–Crippen MR) is 64.6 cm³/mol. The minimum absolute atomic E-state index is 0.306. The zero-order chi connectivity index (χ0) is 12.0. The van der Waals surface area contributed by atoms with Crippen molar-refractivity contribution in [2.45, 2.75) is 19.4 Å². The lowest BCUT2D eigenvalue weighted by molar-refractivity contribution is -0.117. The van der Waals surface area contributed by atoms with Gasteiger partial charge in [0.2, 0.25) is 0 Å². The molecule has 3 heteroatoms. The van der Waals surface area contributed by atoms with Crippen molar-refractivity contribution in [1.29, 1.82) is 0 Å². The second-order valence-electron chi connectivity index (χ2n) is 4.16. The van der Waals surface area contributed by atoms with Crippen molar-refractivity contribution in [2.24, 2.45) is 5.73 Å². The van der Waals surface area contributed by atoms with Gasteiger partial charge in [0.25, 0.3) is 5.91 Å². The average molecular weight is 216 g/mol. The molecule has 0 radical (unpaired) electrons. The van der Waals surface area contributed by atoms with Crippen LogP contribution in [0.25, 0.3) is 0 Å². The summed E-state index contributed by atoms with van der Waals surface area (Å²) < 4.78 is 0. The first-order chi connectivity index (χ1) is 7.53. The SMILES string of the molecule is CC(C)(CN)NC(=O)C#Cc1ccccc1. The Labute approximate surface area is 96.0 Å². The van der Waals surface area contributed by atoms with Crippen LogP contribution >= 0.6 is 0 Å². The van der Waals surface area contributed by atoms with Gasteiger partial charge in [-0.05, 0) is 26.0 Å². The van der Waals surface area contributed by atoms with Crippen LogP contribution < -0.4 is 11.1 Å². The van der Waals surface area contributed by atoms with E-state index >= 15 is 0 Å². The molecule has 1 aromatic carbocycles. The standard InChI is InChI=1S/C13H16N2O/c1-13(2,10-14)15-12(16)9-8-11-6-4-3-5-7-11/h3-7H,10,14H2,1-2H3,(H,15,16). The Kier molecular flexibility index (Phi) is 4.10. The van der Waals surface area contributed by atoms with Gasteiger partial charge in [0.05, 0.1) is 0 Å². The van der Waals surface area contributed by atoms with Gasteiger partial charge in [-0.25, -0.2) is 0 Å². The van der Waals surface area contributed by atoms with E-state index < -0.39 is 5.54 Å². The fourth-order valence-corrected chi connectivity index (χ4v) is 1.04. The number of benzene rings is 1. The highest BCUT2D eigenvalue weighted by Crippen LogP contribution is 1.98. The lowest BCUT2D eigenvalue weighted by atomic mass is 10.1. The summed E-state index contributed by atoms with van der Waals surface area (Å²) in [7, 11) is 0. The predicted octanol–water partition coefficient (Wildman–Crippen LogP) is 0.892. The van der Waals surface area contributed by atoms with Crippen LogP contribution in [-0.4, -0.2) is 18.0 Å². The van der Waals surface area contributed by atoms with Gasteiger partial charge in [-0.15, -0.1) is 0 Å². The second-order valence-corrected chi connectivity index (χ2v) is 4.16. The normalized spacial score (nSPS) is 10.2. The number of nitrogens with two attached hydrogens (primary N) is 1. The minimum Gasteiger partial charge on any atom is -0.339 e. The molecular formula is C13H16N2O. The third kappa shape index (κ3) is 4.16. The summed E-state index contributed by atoms with van der Waals surface area (Å²) in [5, 5.41) is 2.74. The first kappa shape index (κ1) is 12.3. The maximum absolute atomic E-state index is 11.5. The Balaban J connectivity index is 2.63. The van der Waals surface area contributed by atoms with E-state index in [2.05, 4.69) is 17.2 Å². The molecule has 3 nitrogen and oxygen atoms in total. The Morgan fingerprint density at radius 3 is 2.56 bits per heavy atom. The minimum atomic E-state index is -0.414. The highest BCUT2D eigenvalue weighted by atomic mass is 16.1. The van der Waals surface area contributed by atoms with Crippen LogP contribution in [0.2, 0.25) is 0 Å². The Hall–Kier alpha value is -1.79. The molecule has 16 heavy (non-hydrogen) atoms. The molecule has 1 aromatic rings.